The first kappa shape index (κ1) is 18.0. The minimum absolute atomic E-state index is 0.231. The maximum absolute atomic E-state index is 12.1. The van der Waals surface area contributed by atoms with Crippen LogP contribution in [0.15, 0.2) is 42.6 Å². The number of nitrogens with zero attached hydrogens (tertiary/aromatic N) is 2. The fourth-order valence-corrected chi connectivity index (χ4v) is 3.03. The van der Waals surface area contributed by atoms with Crippen molar-refractivity contribution < 1.29 is 9.53 Å². The van der Waals surface area contributed by atoms with E-state index in [1.165, 1.54) is 19.3 Å². The van der Waals surface area contributed by atoms with Gasteiger partial charge in [-0.15, -0.1) is 0 Å². The third-order valence-corrected chi connectivity index (χ3v) is 4.37. The number of urea groups is 1. The lowest BCUT2D eigenvalue weighted by Crippen LogP contribution is -2.31. The van der Waals surface area contributed by atoms with Crippen LogP contribution in [0.2, 0.25) is 0 Å². The number of carbonyl (C=O) groups is 1. The Hall–Kier alpha value is -2.76. The van der Waals surface area contributed by atoms with Gasteiger partial charge in [0.05, 0.1) is 6.61 Å². The number of nitrogens with one attached hydrogen (secondary N) is 2. The van der Waals surface area contributed by atoms with Gasteiger partial charge < -0.3 is 20.3 Å². The summed E-state index contributed by atoms with van der Waals surface area (Å²) in [7, 11) is 0. The molecule has 0 unspecified atom stereocenters. The van der Waals surface area contributed by atoms with E-state index in [9.17, 15) is 4.79 Å². The molecular weight excluding hydrogens is 328 g/mol. The molecule has 0 atom stereocenters. The zero-order chi connectivity index (χ0) is 18.2. The molecule has 1 fully saturated rings. The molecule has 0 bridgehead atoms. The number of hydrogen-bond acceptors (Lipinski definition) is 4. The molecule has 138 valence electrons. The predicted octanol–water partition coefficient (Wildman–Crippen LogP) is 3.79. The Labute approximate surface area is 154 Å². The van der Waals surface area contributed by atoms with Gasteiger partial charge in [-0.3, -0.25) is 0 Å². The van der Waals surface area contributed by atoms with Crippen molar-refractivity contribution in [2.24, 2.45) is 0 Å². The minimum atomic E-state index is -0.231. The molecule has 0 aliphatic carbocycles. The lowest BCUT2D eigenvalue weighted by molar-refractivity contribution is 0.251. The van der Waals surface area contributed by atoms with Crippen molar-refractivity contribution in [1.29, 1.82) is 0 Å². The third-order valence-electron chi connectivity index (χ3n) is 4.37. The van der Waals surface area contributed by atoms with Crippen LogP contribution in [-0.2, 0) is 6.54 Å². The maximum atomic E-state index is 12.1. The molecule has 6 heteroatoms. The smallest absolute Gasteiger partial charge is 0.319 e. The first-order chi connectivity index (χ1) is 12.7. The number of piperidine rings is 1. The highest BCUT2D eigenvalue weighted by Gasteiger charge is 2.12. The summed E-state index contributed by atoms with van der Waals surface area (Å²) in [5, 5.41) is 5.72. The number of benzene rings is 1. The van der Waals surface area contributed by atoms with Crippen molar-refractivity contribution in [3.05, 3.63) is 48.2 Å². The second-order valence-electron chi connectivity index (χ2n) is 6.34. The molecule has 26 heavy (non-hydrogen) atoms. The van der Waals surface area contributed by atoms with Crippen LogP contribution in [0, 0.1) is 0 Å². The molecule has 0 spiro atoms. The van der Waals surface area contributed by atoms with Gasteiger partial charge in [0.15, 0.2) is 0 Å². The number of ether oxygens (including phenoxy) is 1. The number of pyridine rings is 1. The Bertz CT molecular complexity index is 712. The second-order valence-corrected chi connectivity index (χ2v) is 6.34. The summed E-state index contributed by atoms with van der Waals surface area (Å²) in [4.78, 5) is 18.9. The van der Waals surface area contributed by atoms with Crippen LogP contribution in [0.5, 0.6) is 5.75 Å². The van der Waals surface area contributed by atoms with Gasteiger partial charge in [-0.25, -0.2) is 9.78 Å². The molecule has 1 aromatic carbocycles. The monoisotopic (exact) mass is 354 g/mol. The van der Waals surface area contributed by atoms with Gasteiger partial charge >= 0.3 is 6.03 Å². The summed E-state index contributed by atoms with van der Waals surface area (Å²) < 4.78 is 5.39. The van der Waals surface area contributed by atoms with Crippen LogP contribution < -0.4 is 20.3 Å². The number of aromatic nitrogens is 1. The standard InChI is InChI=1S/C20H26N4O2/c1-2-26-18-8-6-17(7-9-18)23-20(25)22-15-16-10-11-21-19(14-16)24-12-4-3-5-13-24/h6-11,14H,2-5,12-13,15H2,1H3,(H2,22,23,25). The summed E-state index contributed by atoms with van der Waals surface area (Å²) in [5.74, 6) is 1.79. The van der Waals surface area contributed by atoms with Gasteiger partial charge in [-0.2, -0.15) is 0 Å². The molecule has 0 saturated carbocycles. The SMILES string of the molecule is CCOc1ccc(NC(=O)NCc2ccnc(N3CCCCC3)c2)cc1. The number of anilines is 2. The van der Waals surface area contributed by atoms with Crippen LogP contribution in [0.4, 0.5) is 16.3 Å². The minimum Gasteiger partial charge on any atom is -0.494 e. The van der Waals surface area contributed by atoms with Crippen LogP contribution in [-0.4, -0.2) is 30.7 Å². The van der Waals surface area contributed by atoms with Crippen molar-refractivity contribution in [1.82, 2.24) is 10.3 Å². The number of carbonyl (C=O) groups excluding carboxylic acids is 1. The Morgan fingerprint density at radius 1 is 1.15 bits per heavy atom. The van der Waals surface area contributed by atoms with Crippen molar-refractivity contribution in [3.8, 4) is 5.75 Å². The molecule has 3 rings (SSSR count). The topological polar surface area (TPSA) is 66.5 Å². The van der Waals surface area contributed by atoms with Gasteiger partial charge in [-0.05, 0) is 68.1 Å². The average molecular weight is 354 g/mol. The van der Waals surface area contributed by atoms with E-state index in [0.717, 1.165) is 35.9 Å². The van der Waals surface area contributed by atoms with Gasteiger partial charge in [-0.1, -0.05) is 0 Å². The van der Waals surface area contributed by atoms with Crippen molar-refractivity contribution >= 4 is 17.5 Å². The molecule has 2 amide bonds. The van der Waals surface area contributed by atoms with Gasteiger partial charge in [0, 0.05) is 31.5 Å². The summed E-state index contributed by atoms with van der Waals surface area (Å²) in [6, 6.07) is 11.1. The molecule has 0 radical (unpaired) electrons. The largest absolute Gasteiger partial charge is 0.494 e. The van der Waals surface area contributed by atoms with Crippen molar-refractivity contribution in [2.45, 2.75) is 32.7 Å². The molecule has 1 aromatic heterocycles. The van der Waals surface area contributed by atoms with Crippen LogP contribution in [0.3, 0.4) is 0 Å². The molecule has 1 saturated heterocycles. The van der Waals surface area contributed by atoms with Gasteiger partial charge in [0.25, 0.3) is 0 Å². The Morgan fingerprint density at radius 3 is 2.65 bits per heavy atom. The first-order valence-electron chi connectivity index (χ1n) is 9.22. The molecule has 2 N–H and O–H groups in total. The average Bonchev–Trinajstić information content (AvgIpc) is 2.69. The molecule has 2 heterocycles. The fourth-order valence-electron chi connectivity index (χ4n) is 3.03. The van der Waals surface area contributed by atoms with E-state index < -0.39 is 0 Å². The Balaban J connectivity index is 1.51. The fraction of sp³-hybridized carbons (Fsp3) is 0.400. The zero-order valence-electron chi connectivity index (χ0n) is 15.2. The third kappa shape index (κ3) is 5.12. The first-order valence-corrected chi connectivity index (χ1v) is 9.22. The number of rotatable bonds is 6. The van der Waals surface area contributed by atoms with E-state index >= 15 is 0 Å². The highest BCUT2D eigenvalue weighted by Crippen LogP contribution is 2.18. The van der Waals surface area contributed by atoms with Crippen LogP contribution in [0.1, 0.15) is 31.7 Å². The predicted molar refractivity (Wildman–Crippen MR) is 104 cm³/mol. The van der Waals surface area contributed by atoms with Crippen LogP contribution >= 0.6 is 0 Å². The van der Waals surface area contributed by atoms with Crippen molar-refractivity contribution in [2.75, 3.05) is 29.9 Å². The number of hydrogen-bond donors (Lipinski definition) is 2. The molecule has 2 aromatic rings. The quantitative estimate of drug-likeness (QED) is 0.828. The Kier molecular flexibility index (Phi) is 6.30. The highest BCUT2D eigenvalue weighted by molar-refractivity contribution is 5.89. The van der Waals surface area contributed by atoms with Gasteiger partial charge in [0.2, 0.25) is 0 Å². The normalized spacial score (nSPS) is 14.0. The lowest BCUT2D eigenvalue weighted by atomic mass is 10.1. The summed E-state index contributed by atoms with van der Waals surface area (Å²) in [6.07, 6.45) is 5.54. The van der Waals surface area contributed by atoms with E-state index in [-0.39, 0.29) is 6.03 Å². The van der Waals surface area contributed by atoms with E-state index in [2.05, 4.69) is 26.6 Å². The number of amides is 2. The van der Waals surface area contributed by atoms with E-state index in [1.807, 2.05) is 43.5 Å². The second kappa shape index (κ2) is 9.08. The summed E-state index contributed by atoms with van der Waals surface area (Å²) in [5.41, 5.74) is 1.78. The Morgan fingerprint density at radius 2 is 1.92 bits per heavy atom. The van der Waals surface area contributed by atoms with E-state index in [4.69, 9.17) is 4.74 Å². The van der Waals surface area contributed by atoms with Crippen molar-refractivity contribution in [3.63, 3.8) is 0 Å². The summed E-state index contributed by atoms with van der Waals surface area (Å²) >= 11 is 0. The molecule has 6 nitrogen and oxygen atoms in total. The van der Waals surface area contributed by atoms with Gasteiger partial charge in [0.1, 0.15) is 11.6 Å². The molecule has 1 aliphatic rings. The molecular formula is C20H26N4O2. The lowest BCUT2D eigenvalue weighted by Gasteiger charge is -2.27. The van der Waals surface area contributed by atoms with E-state index in [0.29, 0.717) is 13.2 Å². The van der Waals surface area contributed by atoms with Crippen LogP contribution in [0.25, 0.3) is 0 Å². The van der Waals surface area contributed by atoms with E-state index in [1.54, 1.807) is 0 Å². The molecule has 1 aliphatic heterocycles. The summed E-state index contributed by atoms with van der Waals surface area (Å²) in [6.45, 7) is 5.14. The maximum Gasteiger partial charge on any atom is 0.319 e. The zero-order valence-corrected chi connectivity index (χ0v) is 15.2. The highest BCUT2D eigenvalue weighted by atomic mass is 16.5.